The molecule has 0 saturated heterocycles. The molecule has 0 radical (unpaired) electrons. The standard InChI is InChI=1S/C16H15BrFNO/c1-9-2-3-10(6-13(9)18)15-8-14(19)12-5-4-11(17)7-16(12)20-15/h2-7,14-15H,8,19H2,1H3/t14-,15?/m1/s1. The summed E-state index contributed by atoms with van der Waals surface area (Å²) in [5, 5.41) is 0. The molecule has 2 aromatic rings. The van der Waals surface area contributed by atoms with E-state index < -0.39 is 0 Å². The number of rotatable bonds is 1. The SMILES string of the molecule is Cc1ccc(C2C[C@@H](N)c3ccc(Br)cc3O2)cc1F. The van der Waals surface area contributed by atoms with Gasteiger partial charge in [-0.05, 0) is 36.2 Å². The highest BCUT2D eigenvalue weighted by Crippen LogP contribution is 2.40. The molecule has 2 atom stereocenters. The number of ether oxygens (including phenoxy) is 1. The molecule has 1 aliphatic rings. The third kappa shape index (κ3) is 2.45. The van der Waals surface area contributed by atoms with Crippen LogP contribution in [-0.2, 0) is 0 Å². The van der Waals surface area contributed by atoms with Gasteiger partial charge in [0.15, 0.2) is 0 Å². The van der Waals surface area contributed by atoms with Crippen LogP contribution in [0.1, 0.15) is 35.3 Å². The van der Waals surface area contributed by atoms with E-state index in [4.69, 9.17) is 10.5 Å². The number of hydrogen-bond donors (Lipinski definition) is 1. The van der Waals surface area contributed by atoms with Crippen molar-refractivity contribution in [1.29, 1.82) is 0 Å². The van der Waals surface area contributed by atoms with E-state index in [2.05, 4.69) is 15.9 Å². The van der Waals surface area contributed by atoms with Crippen LogP contribution in [0, 0.1) is 12.7 Å². The normalized spacial score (nSPS) is 21.2. The Morgan fingerprint density at radius 2 is 2.05 bits per heavy atom. The molecule has 0 spiro atoms. The zero-order valence-corrected chi connectivity index (χ0v) is 12.7. The monoisotopic (exact) mass is 335 g/mol. The van der Waals surface area contributed by atoms with Gasteiger partial charge in [0.05, 0.1) is 0 Å². The molecule has 0 bridgehead atoms. The van der Waals surface area contributed by atoms with Gasteiger partial charge in [0, 0.05) is 22.5 Å². The maximum Gasteiger partial charge on any atom is 0.126 e. The summed E-state index contributed by atoms with van der Waals surface area (Å²) in [5.74, 6) is 0.559. The van der Waals surface area contributed by atoms with E-state index >= 15 is 0 Å². The Kier molecular flexibility index (Phi) is 3.52. The number of nitrogens with two attached hydrogens (primary N) is 1. The third-order valence-corrected chi connectivity index (χ3v) is 4.17. The van der Waals surface area contributed by atoms with Gasteiger partial charge < -0.3 is 10.5 Å². The molecule has 2 N–H and O–H groups in total. The van der Waals surface area contributed by atoms with Crippen LogP contribution in [0.25, 0.3) is 0 Å². The fourth-order valence-electron chi connectivity index (χ4n) is 2.49. The van der Waals surface area contributed by atoms with Gasteiger partial charge in [-0.3, -0.25) is 0 Å². The highest BCUT2D eigenvalue weighted by atomic mass is 79.9. The first-order valence-electron chi connectivity index (χ1n) is 6.52. The van der Waals surface area contributed by atoms with Gasteiger partial charge in [-0.2, -0.15) is 0 Å². The van der Waals surface area contributed by atoms with Crippen LogP contribution >= 0.6 is 15.9 Å². The maximum atomic E-state index is 13.7. The smallest absolute Gasteiger partial charge is 0.126 e. The Morgan fingerprint density at radius 1 is 1.25 bits per heavy atom. The molecule has 1 aliphatic heterocycles. The summed E-state index contributed by atoms with van der Waals surface area (Å²) in [4.78, 5) is 0. The molecule has 0 fully saturated rings. The van der Waals surface area contributed by atoms with Gasteiger partial charge in [0.2, 0.25) is 0 Å². The summed E-state index contributed by atoms with van der Waals surface area (Å²) >= 11 is 3.43. The molecule has 0 amide bonds. The summed E-state index contributed by atoms with van der Waals surface area (Å²) in [7, 11) is 0. The van der Waals surface area contributed by atoms with Crippen LogP contribution < -0.4 is 10.5 Å². The Labute approximate surface area is 125 Å². The average molecular weight is 336 g/mol. The third-order valence-electron chi connectivity index (χ3n) is 3.68. The maximum absolute atomic E-state index is 13.7. The minimum absolute atomic E-state index is 0.0961. The van der Waals surface area contributed by atoms with Crippen LogP contribution in [0.4, 0.5) is 4.39 Å². The van der Waals surface area contributed by atoms with Gasteiger partial charge in [0.1, 0.15) is 17.7 Å². The Morgan fingerprint density at radius 3 is 2.80 bits per heavy atom. The highest BCUT2D eigenvalue weighted by molar-refractivity contribution is 9.10. The molecule has 4 heteroatoms. The summed E-state index contributed by atoms with van der Waals surface area (Å²) in [6, 6.07) is 10.9. The van der Waals surface area contributed by atoms with Gasteiger partial charge in [-0.25, -0.2) is 4.39 Å². The van der Waals surface area contributed by atoms with Crippen molar-refractivity contribution in [3.05, 3.63) is 63.4 Å². The van der Waals surface area contributed by atoms with Crippen molar-refractivity contribution in [2.45, 2.75) is 25.5 Å². The number of fused-ring (bicyclic) bond motifs is 1. The Balaban J connectivity index is 1.96. The lowest BCUT2D eigenvalue weighted by molar-refractivity contribution is 0.161. The molecule has 2 nitrogen and oxygen atoms in total. The summed E-state index contributed by atoms with van der Waals surface area (Å²) < 4.78 is 20.6. The van der Waals surface area contributed by atoms with E-state index in [1.165, 1.54) is 6.07 Å². The molecule has 0 aromatic heterocycles. The second kappa shape index (κ2) is 5.19. The quantitative estimate of drug-likeness (QED) is 0.837. The number of halogens is 2. The van der Waals surface area contributed by atoms with Gasteiger partial charge in [-0.1, -0.05) is 34.1 Å². The van der Waals surface area contributed by atoms with E-state index in [-0.39, 0.29) is 18.0 Å². The van der Waals surface area contributed by atoms with E-state index in [9.17, 15) is 4.39 Å². The van der Waals surface area contributed by atoms with Crippen molar-refractivity contribution in [1.82, 2.24) is 0 Å². The highest BCUT2D eigenvalue weighted by Gasteiger charge is 2.27. The van der Waals surface area contributed by atoms with Crippen LogP contribution in [0.3, 0.4) is 0 Å². The van der Waals surface area contributed by atoms with E-state index in [1.54, 1.807) is 13.0 Å². The molecule has 0 saturated carbocycles. The zero-order valence-electron chi connectivity index (χ0n) is 11.1. The lowest BCUT2D eigenvalue weighted by Gasteiger charge is -2.30. The molecular weight excluding hydrogens is 321 g/mol. The lowest BCUT2D eigenvalue weighted by atomic mass is 9.93. The van der Waals surface area contributed by atoms with Crippen LogP contribution in [0.15, 0.2) is 40.9 Å². The Bertz CT molecular complexity index is 659. The average Bonchev–Trinajstić information content (AvgIpc) is 2.41. The molecule has 104 valence electrons. The van der Waals surface area contributed by atoms with Crippen molar-refractivity contribution in [3.63, 3.8) is 0 Å². The van der Waals surface area contributed by atoms with Crippen molar-refractivity contribution in [3.8, 4) is 5.75 Å². The van der Waals surface area contributed by atoms with Crippen molar-refractivity contribution in [2.75, 3.05) is 0 Å². The molecular formula is C16H15BrFNO. The summed E-state index contributed by atoms with van der Waals surface area (Å²) in [6.45, 7) is 1.75. The number of aryl methyl sites for hydroxylation is 1. The van der Waals surface area contributed by atoms with Gasteiger partial charge in [-0.15, -0.1) is 0 Å². The van der Waals surface area contributed by atoms with E-state index in [0.29, 0.717) is 12.0 Å². The summed E-state index contributed by atoms with van der Waals surface area (Å²) in [5.41, 5.74) is 8.66. The fraction of sp³-hybridized carbons (Fsp3) is 0.250. The molecule has 20 heavy (non-hydrogen) atoms. The van der Waals surface area contributed by atoms with Crippen molar-refractivity contribution in [2.24, 2.45) is 5.73 Å². The van der Waals surface area contributed by atoms with Gasteiger partial charge in [0.25, 0.3) is 0 Å². The minimum atomic E-state index is -0.209. The number of benzene rings is 2. The first-order valence-corrected chi connectivity index (χ1v) is 7.31. The van der Waals surface area contributed by atoms with E-state index in [0.717, 1.165) is 21.3 Å². The van der Waals surface area contributed by atoms with Crippen molar-refractivity contribution < 1.29 is 9.13 Å². The predicted molar refractivity (Wildman–Crippen MR) is 80.2 cm³/mol. The number of hydrogen-bond acceptors (Lipinski definition) is 2. The molecule has 3 rings (SSSR count). The summed E-state index contributed by atoms with van der Waals surface area (Å²) in [6.07, 6.45) is 0.443. The van der Waals surface area contributed by atoms with Crippen molar-refractivity contribution >= 4 is 15.9 Å². The van der Waals surface area contributed by atoms with Crippen LogP contribution in [-0.4, -0.2) is 0 Å². The molecule has 2 aromatic carbocycles. The first-order chi connectivity index (χ1) is 9.54. The van der Waals surface area contributed by atoms with E-state index in [1.807, 2.05) is 24.3 Å². The largest absolute Gasteiger partial charge is 0.485 e. The lowest BCUT2D eigenvalue weighted by Crippen LogP contribution is -2.24. The second-order valence-electron chi connectivity index (χ2n) is 5.14. The Hall–Kier alpha value is -1.39. The van der Waals surface area contributed by atoms with Crippen LogP contribution in [0.2, 0.25) is 0 Å². The first kappa shape index (κ1) is 13.6. The second-order valence-corrected chi connectivity index (χ2v) is 6.06. The van der Waals surface area contributed by atoms with Crippen LogP contribution in [0.5, 0.6) is 5.75 Å². The topological polar surface area (TPSA) is 35.2 Å². The predicted octanol–water partition coefficient (Wildman–Crippen LogP) is 4.42. The molecule has 1 unspecified atom stereocenters. The molecule has 1 heterocycles. The fourth-order valence-corrected chi connectivity index (χ4v) is 2.83. The zero-order chi connectivity index (χ0) is 14.3. The molecule has 0 aliphatic carbocycles. The van der Waals surface area contributed by atoms with Gasteiger partial charge >= 0.3 is 0 Å². The minimum Gasteiger partial charge on any atom is -0.485 e.